The van der Waals surface area contributed by atoms with Crippen LogP contribution in [-0.2, 0) is 16.1 Å². The maximum Gasteiger partial charge on any atom is 0.304 e. The van der Waals surface area contributed by atoms with Crippen LogP contribution in [0, 0.1) is 11.3 Å². The lowest BCUT2D eigenvalue weighted by atomic mass is 9.75. The van der Waals surface area contributed by atoms with E-state index in [2.05, 4.69) is 17.1 Å². The van der Waals surface area contributed by atoms with Crippen LogP contribution in [0.3, 0.4) is 0 Å². The number of alkyl halides is 2. The van der Waals surface area contributed by atoms with Crippen LogP contribution in [0.1, 0.15) is 76.3 Å². The highest BCUT2D eigenvalue weighted by Gasteiger charge is 2.51. The minimum atomic E-state index is -2.66. The minimum absolute atomic E-state index is 0.0188. The Bertz CT molecular complexity index is 895. The van der Waals surface area contributed by atoms with Gasteiger partial charge in [-0.3, -0.25) is 14.5 Å². The van der Waals surface area contributed by atoms with E-state index >= 15 is 0 Å². The SMILES string of the molecule is CCCCCCN1CCC(NC(=O)[C@]2(CC(=O)O)CN(Cc3c(Cl)cccc3C(F)F)C[C@@H]2C)CC1. The van der Waals surface area contributed by atoms with Gasteiger partial charge in [-0.1, -0.05) is 56.8 Å². The zero-order valence-corrected chi connectivity index (χ0v) is 22.2. The molecule has 36 heavy (non-hydrogen) atoms. The lowest BCUT2D eigenvalue weighted by Crippen LogP contribution is -2.52. The molecule has 0 unspecified atom stereocenters. The zero-order chi connectivity index (χ0) is 26.3. The predicted molar refractivity (Wildman–Crippen MR) is 137 cm³/mol. The van der Waals surface area contributed by atoms with Crippen LogP contribution in [-0.4, -0.2) is 65.5 Å². The number of carboxylic acid groups (broad SMARTS) is 1. The van der Waals surface area contributed by atoms with Crippen molar-refractivity contribution >= 4 is 23.5 Å². The number of benzene rings is 1. The van der Waals surface area contributed by atoms with Crippen molar-refractivity contribution < 1.29 is 23.5 Å². The topological polar surface area (TPSA) is 72.9 Å². The molecule has 0 saturated carbocycles. The Kier molecular flexibility index (Phi) is 10.5. The van der Waals surface area contributed by atoms with E-state index in [1.807, 2.05) is 11.8 Å². The molecule has 2 atom stereocenters. The summed E-state index contributed by atoms with van der Waals surface area (Å²) in [7, 11) is 0. The average Bonchev–Trinajstić information content (AvgIpc) is 3.14. The molecule has 202 valence electrons. The molecule has 6 nitrogen and oxygen atoms in total. The molecule has 2 fully saturated rings. The highest BCUT2D eigenvalue weighted by atomic mass is 35.5. The van der Waals surface area contributed by atoms with E-state index in [0.717, 1.165) is 32.5 Å². The molecular formula is C27H40ClF2N3O3. The number of nitrogens with zero attached hydrogens (tertiary/aromatic N) is 2. The number of hydrogen-bond acceptors (Lipinski definition) is 4. The van der Waals surface area contributed by atoms with Gasteiger partial charge in [-0.2, -0.15) is 0 Å². The highest BCUT2D eigenvalue weighted by Crippen LogP contribution is 2.41. The summed E-state index contributed by atoms with van der Waals surface area (Å²) in [6.45, 7) is 7.78. The fourth-order valence-corrected chi connectivity index (χ4v) is 5.98. The van der Waals surface area contributed by atoms with E-state index in [1.54, 1.807) is 6.07 Å². The Morgan fingerprint density at radius 2 is 1.92 bits per heavy atom. The van der Waals surface area contributed by atoms with Crippen molar-refractivity contribution in [2.45, 2.75) is 77.8 Å². The number of hydrogen-bond donors (Lipinski definition) is 2. The van der Waals surface area contributed by atoms with E-state index in [1.165, 1.54) is 37.8 Å². The normalized spacial score (nSPS) is 23.9. The van der Waals surface area contributed by atoms with Crippen molar-refractivity contribution in [3.63, 3.8) is 0 Å². The summed E-state index contributed by atoms with van der Waals surface area (Å²) in [5.74, 6) is -1.52. The molecule has 2 N–H and O–H groups in total. The van der Waals surface area contributed by atoms with Crippen LogP contribution >= 0.6 is 11.6 Å². The average molecular weight is 528 g/mol. The van der Waals surface area contributed by atoms with Gasteiger partial charge in [-0.25, -0.2) is 8.78 Å². The number of nitrogens with one attached hydrogen (secondary N) is 1. The molecule has 2 aliphatic heterocycles. The third kappa shape index (κ3) is 7.17. The maximum absolute atomic E-state index is 13.6. The zero-order valence-electron chi connectivity index (χ0n) is 21.4. The van der Waals surface area contributed by atoms with E-state index < -0.39 is 17.8 Å². The molecule has 0 bridgehead atoms. The molecule has 2 saturated heterocycles. The summed E-state index contributed by atoms with van der Waals surface area (Å²) in [5.41, 5.74) is -0.911. The third-order valence-electron chi connectivity index (χ3n) is 7.92. The van der Waals surface area contributed by atoms with Crippen molar-refractivity contribution in [1.29, 1.82) is 0 Å². The highest BCUT2D eigenvalue weighted by molar-refractivity contribution is 6.31. The number of piperidine rings is 1. The van der Waals surface area contributed by atoms with Crippen LogP contribution in [0.25, 0.3) is 0 Å². The smallest absolute Gasteiger partial charge is 0.304 e. The van der Waals surface area contributed by atoms with Gasteiger partial charge in [0.05, 0.1) is 11.8 Å². The van der Waals surface area contributed by atoms with Gasteiger partial charge in [0.25, 0.3) is 6.43 Å². The Balaban J connectivity index is 1.65. The Morgan fingerprint density at radius 1 is 1.19 bits per heavy atom. The lowest BCUT2D eigenvalue weighted by Gasteiger charge is -2.36. The first-order valence-electron chi connectivity index (χ1n) is 13.2. The van der Waals surface area contributed by atoms with Gasteiger partial charge in [0.15, 0.2) is 0 Å². The quantitative estimate of drug-likeness (QED) is 0.358. The number of carbonyl (C=O) groups excluding carboxylic acids is 1. The first-order chi connectivity index (χ1) is 17.2. The number of halogens is 3. The molecule has 2 heterocycles. The fourth-order valence-electron chi connectivity index (χ4n) is 5.74. The molecule has 9 heteroatoms. The molecule has 0 aromatic heterocycles. The Hall–Kier alpha value is -1.77. The molecular weight excluding hydrogens is 488 g/mol. The summed E-state index contributed by atoms with van der Waals surface area (Å²) in [5, 5.41) is 13.1. The van der Waals surface area contributed by atoms with Gasteiger partial charge in [0, 0.05) is 49.4 Å². The largest absolute Gasteiger partial charge is 0.481 e. The van der Waals surface area contributed by atoms with Crippen molar-refractivity contribution in [2.75, 3.05) is 32.7 Å². The van der Waals surface area contributed by atoms with E-state index in [-0.39, 0.29) is 48.0 Å². The van der Waals surface area contributed by atoms with Crippen molar-refractivity contribution in [1.82, 2.24) is 15.1 Å². The molecule has 0 aliphatic carbocycles. The molecule has 3 rings (SSSR count). The number of rotatable bonds is 12. The summed E-state index contributed by atoms with van der Waals surface area (Å²) in [6.07, 6.45) is 3.64. The van der Waals surface area contributed by atoms with E-state index in [4.69, 9.17) is 11.6 Å². The number of likely N-dealkylation sites (tertiary alicyclic amines) is 2. The van der Waals surface area contributed by atoms with Crippen molar-refractivity contribution in [3.05, 3.63) is 34.3 Å². The second-order valence-corrected chi connectivity index (χ2v) is 11.0. The molecule has 1 aromatic rings. The van der Waals surface area contributed by atoms with Gasteiger partial charge in [-0.15, -0.1) is 0 Å². The first kappa shape index (κ1) is 28.8. The predicted octanol–water partition coefficient (Wildman–Crippen LogP) is 5.35. The molecule has 0 radical (unpaired) electrons. The van der Waals surface area contributed by atoms with Crippen molar-refractivity contribution in [2.24, 2.45) is 11.3 Å². The molecule has 0 spiro atoms. The van der Waals surface area contributed by atoms with Crippen LogP contribution < -0.4 is 5.32 Å². The van der Waals surface area contributed by atoms with Crippen LogP contribution in [0.2, 0.25) is 5.02 Å². The Morgan fingerprint density at radius 3 is 2.56 bits per heavy atom. The lowest BCUT2D eigenvalue weighted by molar-refractivity contribution is -0.147. The molecule has 2 aliphatic rings. The second kappa shape index (κ2) is 13.2. The third-order valence-corrected chi connectivity index (χ3v) is 8.28. The Labute approximate surface area is 218 Å². The van der Waals surface area contributed by atoms with Crippen molar-refractivity contribution in [3.8, 4) is 0 Å². The van der Waals surface area contributed by atoms with Crippen LogP contribution in [0.4, 0.5) is 8.78 Å². The molecule has 1 amide bonds. The number of unbranched alkanes of at least 4 members (excludes halogenated alkanes) is 3. The fraction of sp³-hybridized carbons (Fsp3) is 0.704. The first-order valence-corrected chi connectivity index (χ1v) is 13.6. The maximum atomic E-state index is 13.6. The van der Waals surface area contributed by atoms with Gasteiger partial charge in [-0.05, 0) is 43.4 Å². The number of aliphatic carboxylic acids is 1. The van der Waals surface area contributed by atoms with Crippen LogP contribution in [0.15, 0.2) is 18.2 Å². The van der Waals surface area contributed by atoms with Gasteiger partial charge in [0.2, 0.25) is 5.91 Å². The summed E-state index contributed by atoms with van der Waals surface area (Å²) < 4.78 is 27.2. The van der Waals surface area contributed by atoms with E-state index in [0.29, 0.717) is 12.1 Å². The summed E-state index contributed by atoms with van der Waals surface area (Å²) in [6, 6.07) is 4.46. The van der Waals surface area contributed by atoms with Gasteiger partial charge >= 0.3 is 5.97 Å². The summed E-state index contributed by atoms with van der Waals surface area (Å²) in [4.78, 5) is 29.7. The van der Waals surface area contributed by atoms with Gasteiger partial charge < -0.3 is 15.3 Å². The number of amides is 1. The van der Waals surface area contributed by atoms with E-state index in [9.17, 15) is 23.5 Å². The number of carbonyl (C=O) groups is 2. The molecule has 1 aromatic carbocycles. The number of carboxylic acids is 1. The standard InChI is InChI=1S/C27H40ClF2N3O3/c1-3-4-5-6-12-32-13-10-20(11-14-32)31-26(36)27(15-24(34)35)18-33(16-19(27)2)17-22-21(25(29)30)8-7-9-23(22)28/h7-9,19-20,25H,3-6,10-18H2,1-2H3,(H,31,36)(H,34,35)/t19-,27+/m0/s1. The monoisotopic (exact) mass is 527 g/mol. The van der Waals surface area contributed by atoms with Gasteiger partial charge in [0.1, 0.15) is 0 Å². The minimum Gasteiger partial charge on any atom is -0.481 e. The second-order valence-electron chi connectivity index (χ2n) is 10.6. The summed E-state index contributed by atoms with van der Waals surface area (Å²) >= 11 is 6.26. The van der Waals surface area contributed by atoms with Crippen LogP contribution in [0.5, 0.6) is 0 Å².